The summed E-state index contributed by atoms with van der Waals surface area (Å²) in [5.41, 5.74) is 2.37. The summed E-state index contributed by atoms with van der Waals surface area (Å²) in [7, 11) is 0. The van der Waals surface area contributed by atoms with E-state index in [0.717, 1.165) is 25.9 Å². The fourth-order valence-electron chi connectivity index (χ4n) is 1.83. The zero-order chi connectivity index (χ0) is 13.1. The van der Waals surface area contributed by atoms with Gasteiger partial charge in [0, 0.05) is 5.57 Å². The smallest absolute Gasteiger partial charge is 0.165 e. The number of unbranched alkanes of at least 4 members (excludes halogenated alkanes) is 3. The molecule has 0 atom stereocenters. The topological polar surface area (TPSA) is 9.23 Å². The summed E-state index contributed by atoms with van der Waals surface area (Å²) in [4.78, 5) is 0. The van der Waals surface area contributed by atoms with Crippen LogP contribution in [0.2, 0.25) is 0 Å². The Labute approximate surface area is 112 Å². The average Bonchev–Trinajstić information content (AvgIpc) is 2.42. The molecule has 0 bridgehead atoms. The standard InChI is InChI=1S/C17H24O/c1-3-5-6-10-14-18-15-17(11-4-2)16-12-8-7-9-13-16/h8-9,12-13H,3-6,10-11,14H2,1-2H3. The lowest BCUT2D eigenvalue weighted by Gasteiger charge is -2.06. The van der Waals surface area contributed by atoms with Crippen LogP contribution in [0.4, 0.5) is 0 Å². The summed E-state index contributed by atoms with van der Waals surface area (Å²) >= 11 is 0. The molecule has 1 heteroatoms. The normalized spacial score (nSPS) is 11.6. The summed E-state index contributed by atoms with van der Waals surface area (Å²) in [5, 5.41) is 0. The molecule has 2 radical (unpaired) electrons. The summed E-state index contributed by atoms with van der Waals surface area (Å²) in [6.45, 7) is 5.18. The van der Waals surface area contributed by atoms with Crippen LogP contribution in [0.3, 0.4) is 0 Å². The first-order valence-electron chi connectivity index (χ1n) is 7.08. The predicted molar refractivity (Wildman–Crippen MR) is 76.9 cm³/mol. The number of hydrogen-bond donors (Lipinski definition) is 0. The maximum atomic E-state index is 5.55. The van der Waals surface area contributed by atoms with Crippen LogP contribution >= 0.6 is 0 Å². The van der Waals surface area contributed by atoms with Crippen molar-refractivity contribution in [2.24, 2.45) is 0 Å². The van der Waals surface area contributed by atoms with Gasteiger partial charge in [-0.3, -0.25) is 0 Å². The van der Waals surface area contributed by atoms with E-state index >= 15 is 0 Å². The molecule has 0 heterocycles. The number of hydrogen-bond acceptors (Lipinski definition) is 1. The summed E-state index contributed by atoms with van der Waals surface area (Å²) in [6, 6.07) is 11.1. The molecule has 0 N–H and O–H groups in total. The third-order valence-electron chi connectivity index (χ3n) is 2.86. The van der Waals surface area contributed by atoms with E-state index in [1.54, 1.807) is 0 Å². The second-order valence-electron chi connectivity index (χ2n) is 4.53. The monoisotopic (exact) mass is 244 g/mol. The van der Waals surface area contributed by atoms with Crippen molar-refractivity contribution in [1.82, 2.24) is 0 Å². The van der Waals surface area contributed by atoms with Crippen LogP contribution in [0.1, 0.15) is 57.9 Å². The Bertz CT molecular complexity index is 327. The van der Waals surface area contributed by atoms with Crippen molar-refractivity contribution in [2.45, 2.75) is 52.4 Å². The first-order valence-corrected chi connectivity index (χ1v) is 7.08. The molecule has 1 aromatic rings. The van der Waals surface area contributed by atoms with E-state index in [1.165, 1.54) is 30.4 Å². The van der Waals surface area contributed by atoms with Gasteiger partial charge in [0.25, 0.3) is 0 Å². The van der Waals surface area contributed by atoms with Crippen LogP contribution in [-0.2, 0) is 4.74 Å². The van der Waals surface area contributed by atoms with E-state index in [4.69, 9.17) is 4.74 Å². The summed E-state index contributed by atoms with van der Waals surface area (Å²) < 4.78 is 5.55. The van der Waals surface area contributed by atoms with E-state index in [1.807, 2.05) is 12.1 Å². The van der Waals surface area contributed by atoms with Gasteiger partial charge in [-0.25, -0.2) is 0 Å². The Morgan fingerprint density at radius 1 is 1.11 bits per heavy atom. The van der Waals surface area contributed by atoms with E-state index in [-0.39, 0.29) is 0 Å². The van der Waals surface area contributed by atoms with Crippen LogP contribution in [0.25, 0.3) is 5.57 Å². The van der Waals surface area contributed by atoms with Crippen molar-refractivity contribution in [2.75, 3.05) is 6.61 Å². The molecule has 0 spiro atoms. The minimum atomic E-state index is 0.784. The van der Waals surface area contributed by atoms with Gasteiger partial charge >= 0.3 is 0 Å². The Morgan fingerprint density at radius 2 is 1.89 bits per heavy atom. The molecule has 0 aromatic heterocycles. The molecule has 0 aliphatic heterocycles. The van der Waals surface area contributed by atoms with E-state index in [0.29, 0.717) is 0 Å². The first kappa shape index (κ1) is 14.8. The molecular formula is C17H24O. The Hall–Kier alpha value is -1.24. The maximum Gasteiger partial charge on any atom is 0.165 e. The minimum absolute atomic E-state index is 0.784. The van der Waals surface area contributed by atoms with Crippen LogP contribution in [-0.4, -0.2) is 6.61 Å². The van der Waals surface area contributed by atoms with Crippen molar-refractivity contribution >= 4 is 5.57 Å². The van der Waals surface area contributed by atoms with E-state index in [2.05, 4.69) is 38.3 Å². The number of allylic oxidation sites excluding steroid dienone is 1. The lowest BCUT2D eigenvalue weighted by molar-refractivity contribution is 0.222. The minimum Gasteiger partial charge on any atom is -0.489 e. The largest absolute Gasteiger partial charge is 0.489 e. The van der Waals surface area contributed by atoms with Gasteiger partial charge in [0.05, 0.1) is 6.61 Å². The van der Waals surface area contributed by atoms with Crippen molar-refractivity contribution < 1.29 is 4.74 Å². The molecule has 18 heavy (non-hydrogen) atoms. The van der Waals surface area contributed by atoms with Gasteiger partial charge < -0.3 is 4.74 Å². The Balaban J connectivity index is 2.42. The van der Waals surface area contributed by atoms with Crippen molar-refractivity contribution in [3.63, 3.8) is 0 Å². The SMILES string of the molecule is CCCCCCO[C]=C(CCC)c1cc[c]cc1. The third-order valence-corrected chi connectivity index (χ3v) is 2.86. The Morgan fingerprint density at radius 3 is 2.56 bits per heavy atom. The second-order valence-corrected chi connectivity index (χ2v) is 4.53. The highest BCUT2D eigenvalue weighted by molar-refractivity contribution is 5.62. The number of ether oxygens (including phenoxy) is 1. The molecule has 0 saturated heterocycles. The van der Waals surface area contributed by atoms with Gasteiger partial charge in [-0.15, -0.1) is 0 Å². The number of benzene rings is 1. The van der Waals surface area contributed by atoms with Crippen molar-refractivity contribution in [3.05, 3.63) is 42.2 Å². The lowest BCUT2D eigenvalue weighted by atomic mass is 10.0. The molecule has 98 valence electrons. The third kappa shape index (κ3) is 5.90. The van der Waals surface area contributed by atoms with Crippen LogP contribution in [0, 0.1) is 12.3 Å². The first-order chi connectivity index (χ1) is 8.88. The molecule has 0 saturated carbocycles. The molecular weight excluding hydrogens is 220 g/mol. The Kier molecular flexibility index (Phi) is 8.03. The highest BCUT2D eigenvalue weighted by atomic mass is 16.5. The average molecular weight is 244 g/mol. The molecule has 0 unspecified atom stereocenters. The summed E-state index contributed by atoms with van der Waals surface area (Å²) in [6.07, 6.45) is 10.2. The van der Waals surface area contributed by atoms with Crippen molar-refractivity contribution in [3.8, 4) is 0 Å². The molecule has 0 aliphatic carbocycles. The molecule has 1 rings (SSSR count). The van der Waals surface area contributed by atoms with Crippen LogP contribution < -0.4 is 0 Å². The van der Waals surface area contributed by atoms with Gasteiger partial charge in [-0.1, -0.05) is 63.8 Å². The van der Waals surface area contributed by atoms with Crippen molar-refractivity contribution in [1.29, 1.82) is 0 Å². The molecule has 1 aromatic carbocycles. The highest BCUT2D eigenvalue weighted by Crippen LogP contribution is 2.19. The molecule has 0 amide bonds. The zero-order valence-electron chi connectivity index (χ0n) is 11.7. The fraction of sp³-hybridized carbons (Fsp3) is 0.529. The van der Waals surface area contributed by atoms with Gasteiger partial charge in [0.2, 0.25) is 0 Å². The van der Waals surface area contributed by atoms with Gasteiger partial charge in [0.1, 0.15) is 0 Å². The van der Waals surface area contributed by atoms with E-state index < -0.39 is 0 Å². The van der Waals surface area contributed by atoms with Gasteiger partial charge in [-0.05, 0) is 24.5 Å². The fourth-order valence-corrected chi connectivity index (χ4v) is 1.83. The van der Waals surface area contributed by atoms with Crippen LogP contribution in [0.15, 0.2) is 24.3 Å². The zero-order valence-corrected chi connectivity index (χ0v) is 11.7. The molecule has 0 fully saturated rings. The van der Waals surface area contributed by atoms with E-state index in [9.17, 15) is 0 Å². The van der Waals surface area contributed by atoms with Gasteiger partial charge in [-0.2, -0.15) is 0 Å². The van der Waals surface area contributed by atoms with Crippen LogP contribution in [0.5, 0.6) is 0 Å². The van der Waals surface area contributed by atoms with Gasteiger partial charge in [0.15, 0.2) is 6.26 Å². The molecule has 0 aliphatic rings. The predicted octanol–water partition coefficient (Wildman–Crippen LogP) is 5.03. The summed E-state index contributed by atoms with van der Waals surface area (Å²) in [5.74, 6) is 0. The number of rotatable bonds is 9. The lowest BCUT2D eigenvalue weighted by Crippen LogP contribution is -1.92. The highest BCUT2D eigenvalue weighted by Gasteiger charge is 2.01. The second kappa shape index (κ2) is 9.76. The maximum absolute atomic E-state index is 5.55. The molecule has 1 nitrogen and oxygen atoms in total. The quantitative estimate of drug-likeness (QED) is 0.437.